The molecule has 0 saturated carbocycles. The number of carboxylic acid groups (broad SMARTS) is 2. The van der Waals surface area contributed by atoms with Crippen LogP contribution < -0.4 is 4.74 Å². The zero-order chi connectivity index (χ0) is 25.4. The molecule has 0 spiro atoms. The molecule has 1 rings (SSSR count). The molecule has 6 heteroatoms. The molecule has 1 aromatic carbocycles. The van der Waals surface area contributed by atoms with Gasteiger partial charge in [0.05, 0.1) is 6.61 Å². The van der Waals surface area contributed by atoms with Crippen molar-refractivity contribution in [3.05, 3.63) is 24.3 Å². The largest absolute Gasteiger partial charge is 0.492 e. The number of aliphatic carboxylic acids is 2. The Labute approximate surface area is 217 Å². The van der Waals surface area contributed by atoms with Gasteiger partial charge in [-0.25, -0.2) is 0 Å². The summed E-state index contributed by atoms with van der Waals surface area (Å²) in [6.07, 6.45) is 21.3. The van der Waals surface area contributed by atoms with Crippen molar-refractivity contribution in [2.75, 3.05) is 12.4 Å². The average molecular weight is 509 g/mol. The second-order valence-electron chi connectivity index (χ2n) is 9.44. The number of hydrogen-bond donors (Lipinski definition) is 2. The van der Waals surface area contributed by atoms with Gasteiger partial charge in [-0.1, -0.05) is 102 Å². The standard InChI is InChI=1S/C29H48O5S/c30-28(31)22-15-13-11-9-7-5-3-1-2-4-6-8-10-12-14-18-25-35-27-21-17-16-20-26(27)34-24-19-23-29(32)33/h16-17,20-21H,1-15,18-19,22-25H2,(H,30,31)(H,32,33). The summed E-state index contributed by atoms with van der Waals surface area (Å²) in [7, 11) is 0. The molecule has 35 heavy (non-hydrogen) atoms. The molecule has 0 bridgehead atoms. The molecule has 0 fully saturated rings. The molecule has 0 radical (unpaired) electrons. The Morgan fingerprint density at radius 2 is 1.03 bits per heavy atom. The molecule has 0 aliphatic heterocycles. The molecule has 5 nitrogen and oxygen atoms in total. The molecule has 2 N–H and O–H groups in total. The van der Waals surface area contributed by atoms with Crippen molar-refractivity contribution in [3.63, 3.8) is 0 Å². The predicted molar refractivity (Wildman–Crippen MR) is 146 cm³/mol. The first-order valence-corrected chi connectivity index (χ1v) is 14.9. The van der Waals surface area contributed by atoms with E-state index in [1.54, 1.807) is 0 Å². The van der Waals surface area contributed by atoms with Gasteiger partial charge in [0.1, 0.15) is 5.75 Å². The smallest absolute Gasteiger partial charge is 0.303 e. The van der Waals surface area contributed by atoms with E-state index in [1.807, 2.05) is 30.0 Å². The molecule has 0 heterocycles. The van der Waals surface area contributed by atoms with Gasteiger partial charge in [0, 0.05) is 17.7 Å². The highest BCUT2D eigenvalue weighted by Gasteiger charge is 2.05. The number of carbonyl (C=O) groups is 2. The van der Waals surface area contributed by atoms with E-state index in [0.717, 1.165) is 29.2 Å². The summed E-state index contributed by atoms with van der Waals surface area (Å²) in [5, 5.41) is 17.3. The van der Waals surface area contributed by atoms with Crippen LogP contribution in [-0.2, 0) is 9.59 Å². The Kier molecular flexibility index (Phi) is 20.4. The van der Waals surface area contributed by atoms with E-state index < -0.39 is 11.9 Å². The molecule has 0 saturated heterocycles. The fourth-order valence-corrected chi connectivity index (χ4v) is 5.14. The van der Waals surface area contributed by atoms with E-state index in [0.29, 0.717) is 19.4 Å². The van der Waals surface area contributed by atoms with Gasteiger partial charge >= 0.3 is 11.9 Å². The minimum atomic E-state index is -0.776. The molecular weight excluding hydrogens is 460 g/mol. The Hall–Kier alpha value is -1.69. The van der Waals surface area contributed by atoms with Crippen molar-refractivity contribution in [1.29, 1.82) is 0 Å². The third kappa shape index (κ3) is 20.2. The normalized spacial score (nSPS) is 11.0. The molecule has 0 atom stereocenters. The third-order valence-electron chi connectivity index (χ3n) is 6.18. The van der Waals surface area contributed by atoms with Crippen LogP contribution in [0.5, 0.6) is 5.75 Å². The van der Waals surface area contributed by atoms with E-state index >= 15 is 0 Å². The number of benzene rings is 1. The molecule has 200 valence electrons. The molecule has 0 aliphatic rings. The topological polar surface area (TPSA) is 83.8 Å². The molecular formula is C29H48O5S. The SMILES string of the molecule is O=C(O)CCCCCCCCCCCCCCCCCCSc1ccccc1OCCCC(=O)O. The summed E-state index contributed by atoms with van der Waals surface area (Å²) in [4.78, 5) is 22.2. The van der Waals surface area contributed by atoms with Crippen LogP contribution in [0.2, 0.25) is 0 Å². The van der Waals surface area contributed by atoms with Gasteiger partial charge < -0.3 is 14.9 Å². The highest BCUT2D eigenvalue weighted by Crippen LogP contribution is 2.30. The Bertz CT molecular complexity index is 664. The summed E-state index contributed by atoms with van der Waals surface area (Å²) in [6.45, 7) is 0.446. The molecule has 1 aromatic rings. The first kappa shape index (κ1) is 31.3. The first-order valence-electron chi connectivity index (χ1n) is 13.9. The fourth-order valence-electron chi connectivity index (χ4n) is 4.13. The van der Waals surface area contributed by atoms with Crippen LogP contribution in [0.25, 0.3) is 0 Å². The zero-order valence-corrected chi connectivity index (χ0v) is 22.5. The number of thioether (sulfide) groups is 1. The van der Waals surface area contributed by atoms with Crippen LogP contribution in [0.3, 0.4) is 0 Å². The first-order chi connectivity index (χ1) is 17.1. The lowest BCUT2D eigenvalue weighted by molar-refractivity contribution is -0.138. The second kappa shape index (κ2) is 22.8. The number of unbranched alkanes of at least 4 members (excludes halogenated alkanes) is 15. The summed E-state index contributed by atoms with van der Waals surface area (Å²) >= 11 is 1.84. The summed E-state index contributed by atoms with van der Waals surface area (Å²) in [5.41, 5.74) is 0. The van der Waals surface area contributed by atoms with Crippen LogP contribution in [-0.4, -0.2) is 34.5 Å². The van der Waals surface area contributed by atoms with Crippen molar-refractivity contribution in [3.8, 4) is 5.75 Å². The van der Waals surface area contributed by atoms with E-state index in [2.05, 4.69) is 6.07 Å². The van der Waals surface area contributed by atoms with Gasteiger partial charge in [0.25, 0.3) is 0 Å². The predicted octanol–water partition coefficient (Wildman–Crippen LogP) is 8.74. The lowest BCUT2D eigenvalue weighted by Crippen LogP contribution is -2.02. The van der Waals surface area contributed by atoms with E-state index in [1.165, 1.54) is 89.9 Å². The maximum atomic E-state index is 10.6. The van der Waals surface area contributed by atoms with Crippen LogP contribution in [0.15, 0.2) is 29.2 Å². The van der Waals surface area contributed by atoms with Crippen LogP contribution >= 0.6 is 11.8 Å². The van der Waals surface area contributed by atoms with Crippen molar-refractivity contribution in [1.82, 2.24) is 0 Å². The maximum absolute atomic E-state index is 10.6. The van der Waals surface area contributed by atoms with Gasteiger partial charge in [-0.15, -0.1) is 11.8 Å². The lowest BCUT2D eigenvalue weighted by atomic mass is 10.0. The number of carboxylic acids is 2. The number of ether oxygens (including phenoxy) is 1. The van der Waals surface area contributed by atoms with E-state index in [4.69, 9.17) is 14.9 Å². The van der Waals surface area contributed by atoms with E-state index in [-0.39, 0.29) is 6.42 Å². The molecule has 0 amide bonds. The minimum Gasteiger partial charge on any atom is -0.492 e. The average Bonchev–Trinajstić information content (AvgIpc) is 2.83. The highest BCUT2D eigenvalue weighted by atomic mass is 32.2. The van der Waals surface area contributed by atoms with Crippen LogP contribution in [0, 0.1) is 0 Å². The number of rotatable bonds is 25. The molecule has 0 unspecified atom stereocenters. The van der Waals surface area contributed by atoms with Crippen LogP contribution in [0.4, 0.5) is 0 Å². The van der Waals surface area contributed by atoms with E-state index in [9.17, 15) is 9.59 Å². The monoisotopic (exact) mass is 508 g/mol. The molecule has 0 aliphatic carbocycles. The molecule has 0 aromatic heterocycles. The quantitative estimate of drug-likeness (QED) is 0.101. The Balaban J connectivity index is 1.86. The summed E-state index contributed by atoms with van der Waals surface area (Å²) in [6, 6.07) is 8.05. The Morgan fingerprint density at radius 3 is 1.54 bits per heavy atom. The highest BCUT2D eigenvalue weighted by molar-refractivity contribution is 7.99. The number of para-hydroxylation sites is 1. The summed E-state index contributed by atoms with van der Waals surface area (Å²) < 4.78 is 5.78. The van der Waals surface area contributed by atoms with Gasteiger partial charge in [0.15, 0.2) is 0 Å². The fraction of sp³-hybridized carbons (Fsp3) is 0.724. The van der Waals surface area contributed by atoms with Gasteiger partial charge in [0.2, 0.25) is 0 Å². The van der Waals surface area contributed by atoms with Crippen molar-refractivity contribution >= 4 is 23.7 Å². The lowest BCUT2D eigenvalue weighted by Gasteiger charge is -2.10. The second-order valence-corrected chi connectivity index (χ2v) is 10.6. The Morgan fingerprint density at radius 1 is 0.600 bits per heavy atom. The zero-order valence-electron chi connectivity index (χ0n) is 21.7. The summed E-state index contributed by atoms with van der Waals surface area (Å²) in [5.74, 6) is 0.522. The third-order valence-corrected chi connectivity index (χ3v) is 7.33. The van der Waals surface area contributed by atoms with Gasteiger partial charge in [-0.05, 0) is 37.1 Å². The van der Waals surface area contributed by atoms with Crippen molar-refractivity contribution in [2.45, 2.75) is 127 Å². The minimum absolute atomic E-state index is 0.148. The van der Waals surface area contributed by atoms with Crippen molar-refractivity contribution in [2.24, 2.45) is 0 Å². The van der Waals surface area contributed by atoms with Crippen molar-refractivity contribution < 1.29 is 24.5 Å². The maximum Gasteiger partial charge on any atom is 0.303 e. The number of hydrogen-bond acceptors (Lipinski definition) is 4. The van der Waals surface area contributed by atoms with Gasteiger partial charge in [-0.2, -0.15) is 0 Å². The van der Waals surface area contributed by atoms with Gasteiger partial charge in [-0.3, -0.25) is 9.59 Å². The van der Waals surface area contributed by atoms with Crippen LogP contribution in [0.1, 0.15) is 122 Å².